The number of hydrogen-bond donors (Lipinski definition) is 1. The van der Waals surface area contributed by atoms with Gasteiger partial charge in [-0.1, -0.05) is 0 Å². The molecule has 0 spiro atoms. The third-order valence-corrected chi connectivity index (χ3v) is 5.55. The number of nitrogens with zero attached hydrogens (tertiary/aromatic N) is 4. The summed E-state index contributed by atoms with van der Waals surface area (Å²) in [7, 11) is 2.17. The van der Waals surface area contributed by atoms with E-state index < -0.39 is 0 Å². The average Bonchev–Trinajstić information content (AvgIpc) is 2.99. The number of fused-ring (bicyclic) bond motifs is 1. The number of nitriles is 1. The zero-order valence-electron chi connectivity index (χ0n) is 14.5. The topological polar surface area (TPSA) is 68.1 Å². The molecule has 1 atom stereocenters. The Labute approximate surface area is 147 Å². The van der Waals surface area contributed by atoms with Crippen LogP contribution in [0.25, 0.3) is 5.69 Å². The van der Waals surface area contributed by atoms with Crippen LogP contribution in [0.5, 0.6) is 0 Å². The molecule has 130 valence electrons. The molecular formula is C19H23N5O. The lowest BCUT2D eigenvalue weighted by atomic mass is 9.92. The molecule has 1 saturated heterocycles. The highest BCUT2D eigenvalue weighted by Gasteiger charge is 2.29. The molecule has 1 N–H and O–H groups in total. The molecular weight excluding hydrogens is 314 g/mol. The fourth-order valence-corrected chi connectivity index (χ4v) is 3.95. The Hall–Kier alpha value is -2.36. The molecule has 0 bridgehead atoms. The summed E-state index contributed by atoms with van der Waals surface area (Å²) >= 11 is 0. The number of aromatic amines is 1. The van der Waals surface area contributed by atoms with Crippen LogP contribution >= 0.6 is 0 Å². The van der Waals surface area contributed by atoms with Gasteiger partial charge in [-0.15, -0.1) is 0 Å². The zero-order chi connectivity index (χ0) is 17.4. The summed E-state index contributed by atoms with van der Waals surface area (Å²) in [5, 5.41) is 12.2. The number of H-pyrrole nitrogens is 1. The number of benzene rings is 1. The normalized spacial score (nSPS) is 21.7. The Morgan fingerprint density at radius 2 is 1.88 bits per heavy atom. The molecule has 4 rings (SSSR count). The van der Waals surface area contributed by atoms with Crippen LogP contribution in [0.4, 0.5) is 0 Å². The fraction of sp³-hybridized carbons (Fsp3) is 0.474. The smallest absolute Gasteiger partial charge is 0.274 e. The van der Waals surface area contributed by atoms with Crippen molar-refractivity contribution in [3.63, 3.8) is 0 Å². The molecule has 1 aromatic carbocycles. The summed E-state index contributed by atoms with van der Waals surface area (Å²) in [4.78, 5) is 17.8. The lowest BCUT2D eigenvalue weighted by Gasteiger charge is -2.39. The van der Waals surface area contributed by atoms with Gasteiger partial charge in [0.05, 0.1) is 17.3 Å². The van der Waals surface area contributed by atoms with Crippen molar-refractivity contribution in [1.82, 2.24) is 19.6 Å². The van der Waals surface area contributed by atoms with Crippen molar-refractivity contribution in [2.45, 2.75) is 25.3 Å². The van der Waals surface area contributed by atoms with Crippen LogP contribution in [-0.4, -0.2) is 58.8 Å². The number of piperazine rings is 1. The van der Waals surface area contributed by atoms with Crippen LogP contribution in [0.2, 0.25) is 0 Å². The van der Waals surface area contributed by atoms with Gasteiger partial charge in [0, 0.05) is 43.5 Å². The van der Waals surface area contributed by atoms with Gasteiger partial charge in [-0.2, -0.15) is 5.26 Å². The first-order valence-corrected chi connectivity index (χ1v) is 8.91. The van der Waals surface area contributed by atoms with Gasteiger partial charge in [0.2, 0.25) is 0 Å². The lowest BCUT2D eigenvalue weighted by molar-refractivity contribution is 0.103. The molecule has 25 heavy (non-hydrogen) atoms. The SMILES string of the molecule is CN1CCN(C2CCc3[nH]n(-c4ccc(C#N)cc4)c(=O)c3C2)CC1. The second kappa shape index (κ2) is 6.51. The largest absolute Gasteiger partial charge is 0.304 e. The number of likely N-dealkylation sites (N-methyl/N-ethyl adjacent to an activating group) is 1. The monoisotopic (exact) mass is 337 g/mol. The van der Waals surface area contributed by atoms with Crippen LogP contribution in [0, 0.1) is 11.3 Å². The summed E-state index contributed by atoms with van der Waals surface area (Å²) in [5.74, 6) is 0. The lowest BCUT2D eigenvalue weighted by Crippen LogP contribution is -2.50. The van der Waals surface area contributed by atoms with Gasteiger partial charge in [-0.3, -0.25) is 14.8 Å². The maximum Gasteiger partial charge on any atom is 0.274 e. The number of rotatable bonds is 2. The Morgan fingerprint density at radius 1 is 1.16 bits per heavy atom. The second-order valence-corrected chi connectivity index (χ2v) is 7.10. The maximum atomic E-state index is 12.9. The standard InChI is InChI=1S/C19H23N5O/c1-22-8-10-23(11-9-22)16-6-7-18-17(12-16)19(25)24(21-18)15-4-2-14(13-20)3-5-15/h2-5,16,21H,6-12H2,1H3. The minimum atomic E-state index is 0.0542. The van der Waals surface area contributed by atoms with E-state index in [9.17, 15) is 4.79 Å². The van der Waals surface area contributed by atoms with E-state index in [1.165, 1.54) is 0 Å². The van der Waals surface area contributed by atoms with E-state index in [1.54, 1.807) is 16.8 Å². The van der Waals surface area contributed by atoms with Gasteiger partial charge in [0.25, 0.3) is 5.56 Å². The fourth-order valence-electron chi connectivity index (χ4n) is 3.95. The summed E-state index contributed by atoms with van der Waals surface area (Å²) in [6, 6.07) is 9.71. The van der Waals surface area contributed by atoms with E-state index in [1.807, 2.05) is 12.1 Å². The highest BCUT2D eigenvalue weighted by Crippen LogP contribution is 2.23. The van der Waals surface area contributed by atoms with Crippen molar-refractivity contribution in [2.24, 2.45) is 0 Å². The first-order chi connectivity index (χ1) is 12.2. The van der Waals surface area contributed by atoms with E-state index in [0.717, 1.165) is 62.4 Å². The molecule has 2 heterocycles. The third kappa shape index (κ3) is 3.01. The van der Waals surface area contributed by atoms with Crippen LogP contribution < -0.4 is 5.56 Å². The van der Waals surface area contributed by atoms with Gasteiger partial charge >= 0.3 is 0 Å². The molecule has 0 amide bonds. The van der Waals surface area contributed by atoms with Gasteiger partial charge in [-0.05, 0) is 50.6 Å². The summed E-state index contributed by atoms with van der Waals surface area (Å²) in [5.41, 5.74) is 3.44. The number of hydrogen-bond acceptors (Lipinski definition) is 4. The van der Waals surface area contributed by atoms with Crippen molar-refractivity contribution in [3.05, 3.63) is 51.4 Å². The average molecular weight is 337 g/mol. The van der Waals surface area contributed by atoms with Crippen molar-refractivity contribution >= 4 is 0 Å². The van der Waals surface area contributed by atoms with Crippen molar-refractivity contribution in [3.8, 4) is 11.8 Å². The Balaban J connectivity index is 1.58. The first-order valence-electron chi connectivity index (χ1n) is 8.91. The van der Waals surface area contributed by atoms with E-state index in [-0.39, 0.29) is 5.56 Å². The third-order valence-electron chi connectivity index (χ3n) is 5.55. The Morgan fingerprint density at radius 3 is 2.56 bits per heavy atom. The molecule has 6 heteroatoms. The zero-order valence-corrected chi connectivity index (χ0v) is 14.5. The molecule has 1 fully saturated rings. The van der Waals surface area contributed by atoms with Crippen LogP contribution in [0.1, 0.15) is 23.2 Å². The van der Waals surface area contributed by atoms with Gasteiger partial charge in [0.15, 0.2) is 0 Å². The molecule has 6 nitrogen and oxygen atoms in total. The van der Waals surface area contributed by atoms with Crippen LogP contribution in [0.15, 0.2) is 29.1 Å². The van der Waals surface area contributed by atoms with Gasteiger partial charge < -0.3 is 4.90 Å². The number of aromatic nitrogens is 2. The Bertz CT molecular complexity index is 849. The highest BCUT2D eigenvalue weighted by molar-refractivity contribution is 5.40. The van der Waals surface area contributed by atoms with Crippen molar-refractivity contribution < 1.29 is 0 Å². The van der Waals surface area contributed by atoms with Crippen molar-refractivity contribution in [2.75, 3.05) is 33.2 Å². The van der Waals surface area contributed by atoms with E-state index in [0.29, 0.717) is 11.6 Å². The van der Waals surface area contributed by atoms with E-state index >= 15 is 0 Å². The van der Waals surface area contributed by atoms with Gasteiger partial charge in [-0.25, -0.2) is 4.68 Å². The molecule has 2 aromatic rings. The maximum absolute atomic E-state index is 12.9. The molecule has 1 unspecified atom stereocenters. The number of aryl methyl sites for hydroxylation is 1. The predicted molar refractivity (Wildman–Crippen MR) is 96.0 cm³/mol. The predicted octanol–water partition coefficient (Wildman–Crippen LogP) is 1.14. The van der Waals surface area contributed by atoms with E-state index in [4.69, 9.17) is 5.26 Å². The highest BCUT2D eigenvalue weighted by atomic mass is 16.1. The van der Waals surface area contributed by atoms with E-state index in [2.05, 4.69) is 28.0 Å². The molecule has 1 aliphatic heterocycles. The minimum Gasteiger partial charge on any atom is -0.304 e. The van der Waals surface area contributed by atoms with Crippen LogP contribution in [0.3, 0.4) is 0 Å². The first kappa shape index (κ1) is 16.1. The molecule has 0 saturated carbocycles. The quantitative estimate of drug-likeness (QED) is 0.892. The van der Waals surface area contributed by atoms with Gasteiger partial charge in [0.1, 0.15) is 0 Å². The van der Waals surface area contributed by atoms with Crippen molar-refractivity contribution in [1.29, 1.82) is 5.26 Å². The minimum absolute atomic E-state index is 0.0542. The Kier molecular flexibility index (Phi) is 4.20. The molecule has 2 aliphatic rings. The second-order valence-electron chi connectivity index (χ2n) is 7.10. The molecule has 0 radical (unpaired) electrons. The molecule has 1 aromatic heterocycles. The number of nitrogens with one attached hydrogen (secondary N) is 1. The van der Waals surface area contributed by atoms with Crippen LogP contribution in [-0.2, 0) is 12.8 Å². The molecule has 1 aliphatic carbocycles. The summed E-state index contributed by atoms with van der Waals surface area (Å²) in [6.07, 6.45) is 2.85. The summed E-state index contributed by atoms with van der Waals surface area (Å²) in [6.45, 7) is 4.38. The summed E-state index contributed by atoms with van der Waals surface area (Å²) < 4.78 is 1.62.